The van der Waals surface area contributed by atoms with Crippen molar-refractivity contribution in [2.75, 3.05) is 0 Å². The van der Waals surface area contributed by atoms with Crippen molar-refractivity contribution in [2.24, 2.45) is 0 Å². The third-order valence-electron chi connectivity index (χ3n) is 15.4. The van der Waals surface area contributed by atoms with Crippen LogP contribution in [0.25, 0.3) is 152 Å². The molecule has 0 N–H and O–H groups in total. The zero-order valence-corrected chi connectivity index (χ0v) is 43.2. The molecular weight excluding hydrogens is 989 g/mol. The maximum atomic E-state index is 10.4. The van der Waals surface area contributed by atoms with Gasteiger partial charge in [0.05, 0.1) is 39.4 Å². The zero-order valence-electron chi connectivity index (χ0n) is 41.6. The fourth-order valence-electron chi connectivity index (χ4n) is 11.8. The second-order valence-electron chi connectivity index (χ2n) is 19.8. The number of thiophene rings is 2. The van der Waals surface area contributed by atoms with Crippen LogP contribution in [0.15, 0.2) is 243 Å². The molecular formula is C70H40N6S2. The Bertz CT molecular complexity index is 4930. The zero-order chi connectivity index (χ0) is 51.4. The molecule has 78 heavy (non-hydrogen) atoms. The molecule has 0 aliphatic carbocycles. The highest BCUT2D eigenvalue weighted by Gasteiger charge is 2.25. The van der Waals surface area contributed by atoms with E-state index in [0.29, 0.717) is 23.0 Å². The van der Waals surface area contributed by atoms with E-state index in [2.05, 4.69) is 246 Å². The Morgan fingerprint density at radius 2 is 0.744 bits per heavy atom. The van der Waals surface area contributed by atoms with Crippen LogP contribution in [0.5, 0.6) is 0 Å². The summed E-state index contributed by atoms with van der Waals surface area (Å²) in [6, 6.07) is 88.7. The topological polar surface area (TPSA) is 72.3 Å². The van der Waals surface area contributed by atoms with Crippen molar-refractivity contribution in [1.82, 2.24) is 24.1 Å². The average molecular weight is 1030 g/mol. The van der Waals surface area contributed by atoms with E-state index in [1.807, 2.05) is 12.1 Å². The smallest absolute Gasteiger partial charge is 0.164 e. The Morgan fingerprint density at radius 1 is 0.308 bits per heavy atom. The van der Waals surface area contributed by atoms with Gasteiger partial charge in [0.15, 0.2) is 17.5 Å². The summed E-state index contributed by atoms with van der Waals surface area (Å²) in [6.07, 6.45) is 0. The minimum atomic E-state index is 0.570. The Labute approximate surface area is 455 Å². The van der Waals surface area contributed by atoms with Crippen LogP contribution in [0.1, 0.15) is 5.56 Å². The summed E-state index contributed by atoms with van der Waals surface area (Å²) < 4.78 is 9.62. The minimum Gasteiger partial charge on any atom is -0.309 e. The van der Waals surface area contributed by atoms with Gasteiger partial charge in [0.1, 0.15) is 0 Å². The van der Waals surface area contributed by atoms with Gasteiger partial charge < -0.3 is 9.13 Å². The lowest BCUT2D eigenvalue weighted by molar-refractivity contribution is 1.07. The highest BCUT2D eigenvalue weighted by molar-refractivity contribution is 7.26. The molecule has 5 heterocycles. The number of aromatic nitrogens is 5. The van der Waals surface area contributed by atoms with E-state index in [1.54, 1.807) is 22.7 Å². The summed E-state index contributed by atoms with van der Waals surface area (Å²) >= 11 is 3.58. The van der Waals surface area contributed by atoms with Gasteiger partial charge in [-0.15, -0.1) is 22.7 Å². The first-order valence-electron chi connectivity index (χ1n) is 26.0. The second kappa shape index (κ2) is 17.5. The van der Waals surface area contributed by atoms with Crippen molar-refractivity contribution >= 4 is 107 Å². The molecule has 5 aromatic heterocycles. The van der Waals surface area contributed by atoms with E-state index in [9.17, 15) is 5.26 Å². The van der Waals surface area contributed by atoms with Crippen LogP contribution in [-0.2, 0) is 0 Å². The molecule has 0 spiro atoms. The summed E-state index contributed by atoms with van der Waals surface area (Å²) in [5.41, 5.74) is 13.7. The van der Waals surface area contributed by atoms with E-state index < -0.39 is 0 Å². The lowest BCUT2D eigenvalue weighted by Gasteiger charge is -2.21. The Balaban J connectivity index is 0.967. The van der Waals surface area contributed by atoms with Crippen LogP contribution < -0.4 is 0 Å². The van der Waals surface area contributed by atoms with Crippen molar-refractivity contribution in [1.29, 1.82) is 5.26 Å². The Morgan fingerprint density at radius 3 is 1.28 bits per heavy atom. The van der Waals surface area contributed by atoms with Gasteiger partial charge in [0, 0.05) is 95.4 Å². The number of para-hydroxylation sites is 2. The number of nitrogens with zero attached hydrogens (tertiary/aromatic N) is 6. The van der Waals surface area contributed by atoms with Crippen molar-refractivity contribution in [3.63, 3.8) is 0 Å². The van der Waals surface area contributed by atoms with Gasteiger partial charge in [-0.05, 0) is 96.1 Å². The predicted octanol–water partition coefficient (Wildman–Crippen LogP) is 19.0. The Kier molecular flexibility index (Phi) is 9.94. The fourth-order valence-corrected chi connectivity index (χ4v) is 14.1. The van der Waals surface area contributed by atoms with E-state index in [0.717, 1.165) is 83.2 Å². The monoisotopic (exact) mass is 1030 g/mol. The van der Waals surface area contributed by atoms with Crippen molar-refractivity contribution in [3.05, 3.63) is 248 Å². The maximum Gasteiger partial charge on any atom is 0.164 e. The first kappa shape index (κ1) is 44.3. The summed E-state index contributed by atoms with van der Waals surface area (Å²) in [7, 11) is 0. The van der Waals surface area contributed by atoms with Crippen LogP contribution in [0.3, 0.4) is 0 Å². The molecule has 16 aromatic rings. The number of benzene rings is 11. The molecule has 11 aromatic carbocycles. The molecule has 0 fully saturated rings. The highest BCUT2D eigenvalue weighted by atomic mass is 32.1. The van der Waals surface area contributed by atoms with Crippen molar-refractivity contribution in [2.45, 2.75) is 0 Å². The molecule has 8 heteroatoms. The SMILES string of the molecule is N#Cc1ccc2c(c1)c1cc(-n3c4ccccc4c4ccccc43)ccc1n2-c1c(-c2ccccc2)cc(-c2nc(-c3ccc4c(c3)sc3ccccc34)nc(-c3ccc4c(c3)sc3ccccc34)n2)cc1-c1ccccc1. The van der Waals surface area contributed by atoms with Gasteiger partial charge in [-0.3, -0.25) is 0 Å². The third-order valence-corrected chi connectivity index (χ3v) is 17.7. The lowest BCUT2D eigenvalue weighted by Crippen LogP contribution is -2.04. The van der Waals surface area contributed by atoms with Crippen LogP contribution in [0.4, 0.5) is 0 Å². The summed E-state index contributed by atoms with van der Waals surface area (Å²) in [5.74, 6) is 1.78. The maximum absolute atomic E-state index is 10.4. The lowest BCUT2D eigenvalue weighted by atomic mass is 9.92. The van der Waals surface area contributed by atoms with Gasteiger partial charge in [-0.2, -0.15) is 5.26 Å². The fraction of sp³-hybridized carbons (Fsp3) is 0. The number of fused-ring (bicyclic) bond motifs is 12. The van der Waals surface area contributed by atoms with Crippen LogP contribution >= 0.6 is 22.7 Å². The largest absolute Gasteiger partial charge is 0.309 e. The van der Waals surface area contributed by atoms with Gasteiger partial charge in [-0.25, -0.2) is 15.0 Å². The van der Waals surface area contributed by atoms with Crippen LogP contribution in [0, 0.1) is 11.3 Å². The molecule has 0 radical (unpaired) electrons. The molecule has 0 bridgehead atoms. The number of hydrogen-bond acceptors (Lipinski definition) is 6. The summed E-state index contributed by atoms with van der Waals surface area (Å²) in [4.78, 5) is 16.3. The minimum absolute atomic E-state index is 0.570. The van der Waals surface area contributed by atoms with Gasteiger partial charge in [-0.1, -0.05) is 158 Å². The van der Waals surface area contributed by atoms with E-state index >= 15 is 0 Å². The van der Waals surface area contributed by atoms with E-state index in [4.69, 9.17) is 15.0 Å². The normalized spacial score (nSPS) is 11.8. The van der Waals surface area contributed by atoms with Gasteiger partial charge in [0.2, 0.25) is 0 Å². The summed E-state index contributed by atoms with van der Waals surface area (Å²) in [5, 5.41) is 19.8. The average Bonchev–Trinajstić information content (AvgIpc) is 4.43. The van der Waals surface area contributed by atoms with Crippen molar-refractivity contribution < 1.29 is 0 Å². The first-order valence-corrected chi connectivity index (χ1v) is 27.6. The van der Waals surface area contributed by atoms with Crippen LogP contribution in [-0.4, -0.2) is 24.1 Å². The predicted molar refractivity (Wildman–Crippen MR) is 326 cm³/mol. The first-order chi connectivity index (χ1) is 38.6. The molecule has 16 rings (SSSR count). The quantitative estimate of drug-likeness (QED) is 0.159. The van der Waals surface area contributed by atoms with Gasteiger partial charge >= 0.3 is 0 Å². The molecule has 0 unspecified atom stereocenters. The van der Waals surface area contributed by atoms with Crippen molar-refractivity contribution in [3.8, 4) is 73.9 Å². The molecule has 6 nitrogen and oxygen atoms in total. The highest BCUT2D eigenvalue weighted by Crippen LogP contribution is 2.46. The third kappa shape index (κ3) is 6.96. The molecule has 0 atom stereocenters. The number of hydrogen-bond donors (Lipinski definition) is 0. The van der Waals surface area contributed by atoms with E-state index in [1.165, 1.54) is 51.1 Å². The Hall–Kier alpha value is -10.0. The standard InChI is InChI=1S/C70H40N6S2/c71-41-42-27-33-61-57(35-42)58-40-48(75-59-23-11-7-19-49(59)50-20-8-12-24-60(50)75)30-34-62(58)76(61)67-55(43-15-3-1-4-16-43)36-47(37-56(67)44-17-5-2-6-18-44)70-73-68(45-28-31-53-51-21-9-13-25-63(51)77-65(53)38-45)72-69(74-70)46-29-32-54-52-22-10-14-26-64(52)78-66(54)39-46/h1-40H. The molecule has 0 aliphatic heterocycles. The van der Waals surface area contributed by atoms with E-state index in [-0.39, 0.29) is 0 Å². The number of rotatable bonds is 7. The molecule has 362 valence electrons. The molecule has 0 amide bonds. The molecule has 0 aliphatic rings. The molecule has 0 saturated heterocycles. The summed E-state index contributed by atoms with van der Waals surface area (Å²) in [6.45, 7) is 0. The molecule has 0 saturated carbocycles. The second-order valence-corrected chi connectivity index (χ2v) is 22.0. The number of nitriles is 1. The van der Waals surface area contributed by atoms with Gasteiger partial charge in [0.25, 0.3) is 0 Å². The van der Waals surface area contributed by atoms with Crippen LogP contribution in [0.2, 0.25) is 0 Å².